The molecule has 0 aliphatic carbocycles. The average molecular weight is 189 g/mol. The molecule has 0 saturated heterocycles. The van der Waals surface area contributed by atoms with Gasteiger partial charge < -0.3 is 0 Å². The first-order valence-electron chi connectivity index (χ1n) is 0.698. The molecule has 0 spiro atoms. The van der Waals surface area contributed by atoms with Gasteiger partial charge in [0.25, 0.3) is 0 Å². The first-order chi connectivity index (χ1) is 2.00. The predicted octanol–water partition coefficient (Wildman–Crippen LogP) is -2.06. The van der Waals surface area contributed by atoms with E-state index in [-0.39, 0.29) is 59.3 Å². The predicted molar refractivity (Wildman–Crippen MR) is 38.5 cm³/mol. The summed E-state index contributed by atoms with van der Waals surface area (Å²) in [5.74, 6) is 0. The van der Waals surface area contributed by atoms with E-state index >= 15 is 0 Å². The van der Waals surface area contributed by atoms with Gasteiger partial charge in [-0.2, -0.15) is 8.42 Å². The Morgan fingerprint density at radius 2 is 1.12 bits per heavy atom. The van der Waals surface area contributed by atoms with Crippen LogP contribution in [0.15, 0.2) is 0 Å². The van der Waals surface area contributed by atoms with E-state index in [1.54, 1.807) is 0 Å². The van der Waals surface area contributed by atoms with Gasteiger partial charge in [-0.05, 0) is 0 Å². The Morgan fingerprint density at radius 1 is 1.12 bits per heavy atom. The molecule has 0 saturated carbocycles. The van der Waals surface area contributed by atoms with Crippen LogP contribution in [0.1, 0.15) is 0 Å². The molecule has 0 aromatic heterocycles. The molecule has 0 heterocycles. The van der Waals surface area contributed by atoms with Gasteiger partial charge in [0.05, 0.1) is 0 Å². The van der Waals surface area contributed by atoms with E-state index in [1.807, 2.05) is 0 Å². The second-order valence-electron chi connectivity index (χ2n) is 0.448. The third-order valence-electron chi connectivity index (χ3n) is 0. The number of halogens is 1. The molecule has 0 rings (SSSR count). The van der Waals surface area contributed by atoms with E-state index in [2.05, 4.69) is 0 Å². The molecule has 0 aromatic carbocycles. The van der Waals surface area contributed by atoms with Gasteiger partial charge in [0, 0.05) is 0 Å². The minimum atomic E-state index is -4.67. The summed E-state index contributed by atoms with van der Waals surface area (Å²) < 4.78 is 31.6. The van der Waals surface area contributed by atoms with Crippen LogP contribution in [0.25, 0.3) is 0 Å². The van der Waals surface area contributed by atoms with Crippen molar-refractivity contribution in [3.63, 3.8) is 0 Å². The summed E-state index contributed by atoms with van der Waals surface area (Å²) in [5.41, 5.74) is 0. The fraction of sp³-hybridized carbons (Fsp3) is 0. The zero-order valence-electron chi connectivity index (χ0n) is 2.53. The molecule has 8 heteroatoms. The van der Waals surface area contributed by atoms with Crippen LogP contribution in [0.4, 0.5) is 0 Å². The maximum atomic E-state index is 8.74. The number of hydrogen-bond donors (Lipinski definition) is 2. The molecular weight excluding hydrogens is 181 g/mol. The third kappa shape index (κ3) is 120. The summed E-state index contributed by atoms with van der Waals surface area (Å²) in [5, 5.41) is 0. The first-order valence-corrected chi connectivity index (χ1v) is 2.10. The molecule has 2 N–H and O–H groups in total. The van der Waals surface area contributed by atoms with Gasteiger partial charge in [0.1, 0.15) is 0 Å². The Kier molecular flexibility index (Phi) is 24.6. The van der Waals surface area contributed by atoms with Gasteiger partial charge in [-0.1, -0.05) is 0 Å². The summed E-state index contributed by atoms with van der Waals surface area (Å²) in [6.07, 6.45) is 0. The van der Waals surface area contributed by atoms with E-state index in [4.69, 9.17) is 17.5 Å². The van der Waals surface area contributed by atoms with Crippen LogP contribution in [0.2, 0.25) is 0 Å². The van der Waals surface area contributed by atoms with Gasteiger partial charge in [0.2, 0.25) is 0 Å². The van der Waals surface area contributed by atoms with E-state index < -0.39 is 10.4 Å². The summed E-state index contributed by atoms with van der Waals surface area (Å²) in [7, 11) is -4.67. The van der Waals surface area contributed by atoms with E-state index in [1.165, 1.54) is 0 Å². The minimum absolute atomic E-state index is 0. The Labute approximate surface area is 86.4 Å². The average Bonchev–Trinajstić information content (AvgIpc) is 0.722. The Hall–Kier alpha value is 1.69. The molecule has 0 aliphatic rings. The zero-order chi connectivity index (χ0) is 4.50. The van der Waals surface area contributed by atoms with E-state index in [0.29, 0.717) is 0 Å². The van der Waals surface area contributed by atoms with Crippen molar-refractivity contribution in [3.05, 3.63) is 0 Å². The quantitative estimate of drug-likeness (QED) is 0.339. The molecule has 4 nitrogen and oxygen atoms in total. The molecule has 0 bridgehead atoms. The van der Waals surface area contributed by atoms with Crippen LogP contribution in [-0.2, 0) is 10.4 Å². The van der Waals surface area contributed by atoms with Gasteiger partial charge in [0.15, 0.2) is 17.4 Å². The maximum absolute atomic E-state index is 8.74. The monoisotopic (exact) mass is 188 g/mol. The van der Waals surface area contributed by atoms with Crippen molar-refractivity contribution in [2.24, 2.45) is 0 Å². The second kappa shape index (κ2) is 8.69. The summed E-state index contributed by atoms with van der Waals surface area (Å²) >= 11 is 0. The van der Waals surface area contributed by atoms with Crippen molar-refractivity contribution in [2.45, 2.75) is 0 Å². The van der Waals surface area contributed by atoms with E-state index in [9.17, 15) is 0 Å². The molecule has 0 unspecified atom stereocenters. The van der Waals surface area contributed by atoms with Crippen LogP contribution in [0, 0.1) is 0 Å². The van der Waals surface area contributed by atoms with Crippen molar-refractivity contribution in [1.29, 1.82) is 0 Å². The normalized spacial score (nSPS) is 7.25. The molecule has 0 atom stereocenters. The van der Waals surface area contributed by atoms with Gasteiger partial charge in [-0.3, -0.25) is 9.11 Å². The van der Waals surface area contributed by atoms with Gasteiger partial charge in [-0.15, -0.1) is 12.4 Å². The van der Waals surface area contributed by atoms with Crippen molar-refractivity contribution < 1.29 is 17.5 Å². The number of rotatable bonds is 0. The second-order valence-corrected chi connectivity index (χ2v) is 1.34. The SMILES string of the molecule is Cl.O=S(=O)(O)O.[AlH3].[NaH]. The molecule has 8 heavy (non-hydrogen) atoms. The Balaban J connectivity index is -0.0000000267. The topological polar surface area (TPSA) is 74.6 Å². The summed E-state index contributed by atoms with van der Waals surface area (Å²) in [6.45, 7) is 0. The van der Waals surface area contributed by atoms with E-state index in [0.717, 1.165) is 0 Å². The number of hydrogen-bond acceptors (Lipinski definition) is 2. The molecule has 0 aliphatic heterocycles. The van der Waals surface area contributed by atoms with Crippen molar-refractivity contribution in [1.82, 2.24) is 0 Å². The standard InChI is InChI=1S/Al.ClH.Na.H2O4S.4H/c;;;1-5(2,3)4;;;;/h;1H;;(H2,1,2,3,4);;;;. The summed E-state index contributed by atoms with van der Waals surface area (Å²) in [6, 6.07) is 0. The van der Waals surface area contributed by atoms with Crippen LogP contribution in [0.5, 0.6) is 0 Å². The Morgan fingerprint density at radius 3 is 1.12 bits per heavy atom. The molecule has 0 fully saturated rings. The molecule has 48 valence electrons. The van der Waals surface area contributed by atoms with Crippen LogP contribution < -0.4 is 0 Å². The summed E-state index contributed by atoms with van der Waals surface area (Å²) in [4.78, 5) is 0. The van der Waals surface area contributed by atoms with Crippen molar-refractivity contribution in [2.75, 3.05) is 0 Å². The molecule has 0 amide bonds. The van der Waals surface area contributed by atoms with Crippen LogP contribution in [-0.4, -0.2) is 64.4 Å². The zero-order valence-corrected chi connectivity index (χ0v) is 4.16. The molecule has 0 aromatic rings. The molecule has 0 radical (unpaired) electrons. The van der Waals surface area contributed by atoms with Crippen LogP contribution in [0.3, 0.4) is 0 Å². The third-order valence-corrected chi connectivity index (χ3v) is 0. The van der Waals surface area contributed by atoms with Crippen molar-refractivity contribution >= 4 is 69.7 Å². The molecular formula is H7AlClNaO4S. The first kappa shape index (κ1) is 22.6. The van der Waals surface area contributed by atoms with Gasteiger partial charge in [-0.25, -0.2) is 0 Å². The van der Waals surface area contributed by atoms with Crippen molar-refractivity contribution in [3.8, 4) is 0 Å². The van der Waals surface area contributed by atoms with Gasteiger partial charge >= 0.3 is 40.0 Å². The fourth-order valence-electron chi connectivity index (χ4n) is 0. The Bertz CT molecular complexity index is 99.2. The fourth-order valence-corrected chi connectivity index (χ4v) is 0. The van der Waals surface area contributed by atoms with Crippen LogP contribution >= 0.6 is 12.4 Å².